The molecule has 0 unspecified atom stereocenters. The van der Waals surface area contributed by atoms with Crippen LogP contribution in [0.5, 0.6) is 0 Å². The van der Waals surface area contributed by atoms with E-state index in [-0.39, 0.29) is 0 Å². The Kier molecular flexibility index (Phi) is 2.34. The van der Waals surface area contributed by atoms with Crippen LogP contribution in [0.2, 0.25) is 0 Å². The van der Waals surface area contributed by atoms with E-state index in [0.717, 1.165) is 5.92 Å². The maximum Gasteiger partial charge on any atom is 0.0932 e. The fourth-order valence-corrected chi connectivity index (χ4v) is 1.64. The van der Waals surface area contributed by atoms with Crippen LogP contribution < -0.4 is 5.90 Å². The smallest absolute Gasteiger partial charge is 0.0932 e. The lowest BCUT2D eigenvalue weighted by Gasteiger charge is -2.06. The highest BCUT2D eigenvalue weighted by atomic mass is 16.6. The first kappa shape index (κ1) is 8.73. The van der Waals surface area contributed by atoms with Gasteiger partial charge in [-0.25, -0.2) is 5.90 Å². The lowest BCUT2D eigenvalue weighted by Crippen LogP contribution is -2.00. The molecule has 1 saturated carbocycles. The van der Waals surface area contributed by atoms with Crippen LogP contribution in [0.3, 0.4) is 0 Å². The summed E-state index contributed by atoms with van der Waals surface area (Å²) in [7, 11) is 0. The zero-order chi connectivity index (χ0) is 9.26. The summed E-state index contributed by atoms with van der Waals surface area (Å²) in [6.45, 7) is 2.62. The summed E-state index contributed by atoms with van der Waals surface area (Å²) in [6.07, 6.45) is 2.71. The molecule has 0 amide bonds. The van der Waals surface area contributed by atoms with Crippen LogP contribution in [-0.4, -0.2) is 0 Å². The molecule has 0 bridgehead atoms. The second kappa shape index (κ2) is 3.48. The lowest BCUT2D eigenvalue weighted by atomic mass is 10.0. The van der Waals surface area contributed by atoms with E-state index in [0.29, 0.717) is 6.61 Å². The molecule has 1 aliphatic rings. The molecule has 1 aliphatic carbocycles. The normalized spacial score (nSPS) is 16.2. The van der Waals surface area contributed by atoms with Crippen molar-refractivity contribution in [2.45, 2.75) is 32.3 Å². The van der Waals surface area contributed by atoms with Crippen molar-refractivity contribution >= 4 is 0 Å². The first-order valence-corrected chi connectivity index (χ1v) is 4.72. The van der Waals surface area contributed by atoms with E-state index < -0.39 is 0 Å². The third-order valence-electron chi connectivity index (χ3n) is 2.65. The molecule has 0 aromatic heterocycles. The number of rotatable bonds is 3. The second-order valence-electron chi connectivity index (χ2n) is 3.77. The van der Waals surface area contributed by atoms with Crippen molar-refractivity contribution in [3.63, 3.8) is 0 Å². The Balaban J connectivity index is 2.21. The number of hydrogen-bond acceptors (Lipinski definition) is 2. The molecule has 1 fully saturated rings. The third kappa shape index (κ3) is 1.90. The summed E-state index contributed by atoms with van der Waals surface area (Å²) in [6, 6.07) is 6.57. The van der Waals surface area contributed by atoms with E-state index >= 15 is 0 Å². The Morgan fingerprint density at radius 1 is 1.46 bits per heavy atom. The summed E-state index contributed by atoms with van der Waals surface area (Å²) in [5, 5.41) is 0. The highest BCUT2D eigenvalue weighted by Gasteiger charge is 2.23. The highest BCUT2D eigenvalue weighted by Crippen LogP contribution is 2.40. The molecule has 0 spiro atoms. The van der Waals surface area contributed by atoms with Crippen molar-refractivity contribution < 1.29 is 4.84 Å². The maximum absolute atomic E-state index is 5.04. The topological polar surface area (TPSA) is 35.2 Å². The molecule has 1 aromatic rings. The first-order chi connectivity index (χ1) is 6.31. The zero-order valence-corrected chi connectivity index (χ0v) is 7.92. The van der Waals surface area contributed by atoms with E-state index in [4.69, 9.17) is 5.90 Å². The average Bonchev–Trinajstić information content (AvgIpc) is 2.91. The Morgan fingerprint density at radius 2 is 2.23 bits per heavy atom. The lowest BCUT2D eigenvalue weighted by molar-refractivity contribution is 0.123. The van der Waals surface area contributed by atoms with Crippen LogP contribution in [-0.2, 0) is 11.4 Å². The fourth-order valence-electron chi connectivity index (χ4n) is 1.64. The van der Waals surface area contributed by atoms with E-state index in [9.17, 15) is 0 Å². The van der Waals surface area contributed by atoms with Gasteiger partial charge in [-0.3, -0.25) is 4.84 Å². The van der Waals surface area contributed by atoms with Crippen molar-refractivity contribution in [1.29, 1.82) is 0 Å². The van der Waals surface area contributed by atoms with Crippen molar-refractivity contribution in [1.82, 2.24) is 0 Å². The van der Waals surface area contributed by atoms with E-state index in [1.165, 1.54) is 29.5 Å². The summed E-state index contributed by atoms with van der Waals surface area (Å²) in [5.74, 6) is 5.87. The molecule has 2 heteroatoms. The number of nitrogens with two attached hydrogens (primary N) is 1. The molecular weight excluding hydrogens is 162 g/mol. The van der Waals surface area contributed by atoms with Crippen LogP contribution in [0.1, 0.15) is 35.4 Å². The van der Waals surface area contributed by atoms with Crippen molar-refractivity contribution in [2.75, 3.05) is 0 Å². The molecule has 2 N–H and O–H groups in total. The van der Waals surface area contributed by atoms with Crippen molar-refractivity contribution in [2.24, 2.45) is 5.90 Å². The molecule has 13 heavy (non-hydrogen) atoms. The van der Waals surface area contributed by atoms with Gasteiger partial charge < -0.3 is 0 Å². The number of benzene rings is 1. The van der Waals surface area contributed by atoms with Gasteiger partial charge in [0.25, 0.3) is 0 Å². The van der Waals surface area contributed by atoms with Crippen molar-refractivity contribution in [3.8, 4) is 0 Å². The largest absolute Gasteiger partial charge is 0.300 e. The minimum atomic E-state index is 0.511. The predicted molar refractivity (Wildman–Crippen MR) is 52.1 cm³/mol. The molecule has 0 radical (unpaired) electrons. The van der Waals surface area contributed by atoms with Gasteiger partial charge in [0.2, 0.25) is 0 Å². The highest BCUT2D eigenvalue weighted by molar-refractivity contribution is 5.34. The van der Waals surface area contributed by atoms with E-state index in [1.54, 1.807) is 0 Å². The van der Waals surface area contributed by atoms with Gasteiger partial charge in [0.1, 0.15) is 0 Å². The number of aryl methyl sites for hydroxylation is 1. The maximum atomic E-state index is 5.04. The molecule has 0 heterocycles. The molecule has 2 nitrogen and oxygen atoms in total. The van der Waals surface area contributed by atoms with Gasteiger partial charge in [-0.1, -0.05) is 18.2 Å². The van der Waals surface area contributed by atoms with Gasteiger partial charge in [0.05, 0.1) is 6.61 Å². The standard InChI is InChI=1S/C11H15NO/c1-8-6-10(9-2-3-9)4-5-11(8)7-13-12/h4-6,9H,2-3,7,12H2,1H3. The predicted octanol–water partition coefficient (Wildman–Crippen LogP) is 2.26. The molecule has 0 saturated heterocycles. The molecule has 1 aromatic carbocycles. The van der Waals surface area contributed by atoms with Crippen LogP contribution in [0.25, 0.3) is 0 Å². The fraction of sp³-hybridized carbons (Fsp3) is 0.455. The van der Waals surface area contributed by atoms with E-state index in [2.05, 4.69) is 30.0 Å². The molecular formula is C11H15NO. The van der Waals surface area contributed by atoms with E-state index in [1.807, 2.05) is 0 Å². The Hall–Kier alpha value is -0.860. The second-order valence-corrected chi connectivity index (χ2v) is 3.77. The number of hydrogen-bond donors (Lipinski definition) is 1. The van der Waals surface area contributed by atoms with Crippen LogP contribution >= 0.6 is 0 Å². The van der Waals surface area contributed by atoms with Crippen LogP contribution in [0, 0.1) is 6.92 Å². The summed E-state index contributed by atoms with van der Waals surface area (Å²) < 4.78 is 0. The zero-order valence-electron chi connectivity index (χ0n) is 7.92. The molecule has 70 valence electrons. The molecule has 0 atom stereocenters. The van der Waals surface area contributed by atoms with Gasteiger partial charge in [-0.05, 0) is 42.4 Å². The third-order valence-corrected chi connectivity index (χ3v) is 2.65. The van der Waals surface area contributed by atoms with Crippen molar-refractivity contribution in [3.05, 3.63) is 34.9 Å². The van der Waals surface area contributed by atoms with Crippen LogP contribution in [0.4, 0.5) is 0 Å². The van der Waals surface area contributed by atoms with Gasteiger partial charge in [-0.15, -0.1) is 0 Å². The van der Waals surface area contributed by atoms with Gasteiger partial charge in [0, 0.05) is 0 Å². The summed E-state index contributed by atoms with van der Waals surface area (Å²) in [5.41, 5.74) is 3.94. The average molecular weight is 177 g/mol. The monoisotopic (exact) mass is 177 g/mol. The summed E-state index contributed by atoms with van der Waals surface area (Å²) >= 11 is 0. The summed E-state index contributed by atoms with van der Waals surface area (Å²) in [4.78, 5) is 4.62. The van der Waals surface area contributed by atoms with Gasteiger partial charge in [0.15, 0.2) is 0 Å². The molecule has 2 rings (SSSR count). The Bertz CT molecular complexity index is 305. The SMILES string of the molecule is Cc1cc(C2CC2)ccc1CON. The quantitative estimate of drug-likeness (QED) is 0.719. The van der Waals surface area contributed by atoms with Gasteiger partial charge >= 0.3 is 0 Å². The first-order valence-electron chi connectivity index (χ1n) is 4.72. The van der Waals surface area contributed by atoms with Gasteiger partial charge in [-0.2, -0.15) is 0 Å². The Labute approximate surface area is 78.7 Å². The molecule has 0 aliphatic heterocycles. The Morgan fingerprint density at radius 3 is 2.77 bits per heavy atom. The minimum absolute atomic E-state index is 0.511. The van der Waals surface area contributed by atoms with Crippen LogP contribution in [0.15, 0.2) is 18.2 Å². The minimum Gasteiger partial charge on any atom is -0.300 e.